The number of hydrogen-bond donors (Lipinski definition) is 2. The maximum absolute atomic E-state index is 9.54. The molecule has 0 radical (unpaired) electrons. The first-order valence-corrected chi connectivity index (χ1v) is 6.37. The van der Waals surface area contributed by atoms with Crippen LogP contribution in [0.25, 0.3) is 0 Å². The summed E-state index contributed by atoms with van der Waals surface area (Å²) in [6.45, 7) is 9.79. The van der Waals surface area contributed by atoms with Crippen LogP contribution in [0, 0.1) is 0 Å². The summed E-state index contributed by atoms with van der Waals surface area (Å²) in [4.78, 5) is 0. The highest BCUT2D eigenvalue weighted by Gasteiger charge is 2.08. The van der Waals surface area contributed by atoms with E-state index < -0.39 is 0 Å². The number of ether oxygens (including phenoxy) is 2. The van der Waals surface area contributed by atoms with E-state index >= 15 is 0 Å². The van der Waals surface area contributed by atoms with Crippen LogP contribution >= 0.6 is 0 Å². The standard InChI is InChI=1S/C15H23NO3/c1-11(2)10-19-8-7-16-12(3)13-5-6-14(17)15(9-13)18-4/h5-6,9,12,16-17H,1,7-8,10H2,2-4H3. The second-order valence-electron chi connectivity index (χ2n) is 4.62. The first kappa shape index (κ1) is 15.5. The highest BCUT2D eigenvalue weighted by Crippen LogP contribution is 2.28. The molecule has 0 aliphatic rings. The van der Waals surface area contributed by atoms with Gasteiger partial charge < -0.3 is 19.9 Å². The van der Waals surface area contributed by atoms with Crippen molar-refractivity contribution in [1.29, 1.82) is 0 Å². The Kier molecular flexibility index (Phi) is 6.39. The molecule has 4 nitrogen and oxygen atoms in total. The van der Waals surface area contributed by atoms with Crippen molar-refractivity contribution < 1.29 is 14.6 Å². The van der Waals surface area contributed by atoms with Crippen molar-refractivity contribution in [2.24, 2.45) is 0 Å². The van der Waals surface area contributed by atoms with Crippen LogP contribution in [0.1, 0.15) is 25.5 Å². The molecular formula is C15H23NO3. The first-order chi connectivity index (χ1) is 9.04. The lowest BCUT2D eigenvalue weighted by Gasteiger charge is -2.15. The van der Waals surface area contributed by atoms with Gasteiger partial charge in [-0.2, -0.15) is 0 Å². The van der Waals surface area contributed by atoms with E-state index in [1.54, 1.807) is 13.2 Å². The molecule has 19 heavy (non-hydrogen) atoms. The van der Waals surface area contributed by atoms with Gasteiger partial charge in [-0.1, -0.05) is 18.2 Å². The normalized spacial score (nSPS) is 12.2. The molecule has 1 aromatic carbocycles. The number of methoxy groups -OCH3 is 1. The topological polar surface area (TPSA) is 50.7 Å². The predicted octanol–water partition coefficient (Wildman–Crippen LogP) is 2.64. The second-order valence-corrected chi connectivity index (χ2v) is 4.62. The largest absolute Gasteiger partial charge is 0.504 e. The van der Waals surface area contributed by atoms with Crippen LogP contribution in [-0.4, -0.2) is 32.0 Å². The van der Waals surface area contributed by atoms with Gasteiger partial charge in [-0.25, -0.2) is 0 Å². The summed E-state index contributed by atoms with van der Waals surface area (Å²) in [5.74, 6) is 0.646. The fourth-order valence-corrected chi connectivity index (χ4v) is 1.68. The summed E-state index contributed by atoms with van der Waals surface area (Å²) in [7, 11) is 1.54. The zero-order valence-corrected chi connectivity index (χ0v) is 11.9. The SMILES string of the molecule is C=C(C)COCCNC(C)c1ccc(O)c(OC)c1. The van der Waals surface area contributed by atoms with Gasteiger partial charge in [0.15, 0.2) is 11.5 Å². The van der Waals surface area contributed by atoms with Gasteiger partial charge in [0, 0.05) is 12.6 Å². The number of rotatable bonds is 8. The fraction of sp³-hybridized carbons (Fsp3) is 0.467. The Morgan fingerprint density at radius 1 is 1.47 bits per heavy atom. The van der Waals surface area contributed by atoms with E-state index in [1.807, 2.05) is 19.1 Å². The third kappa shape index (κ3) is 5.32. The minimum absolute atomic E-state index is 0.156. The van der Waals surface area contributed by atoms with E-state index in [2.05, 4.69) is 18.8 Å². The Labute approximate surface area is 115 Å². The maximum atomic E-state index is 9.54. The molecule has 0 saturated heterocycles. The zero-order valence-electron chi connectivity index (χ0n) is 11.9. The minimum atomic E-state index is 0.156. The van der Waals surface area contributed by atoms with Crippen molar-refractivity contribution in [3.05, 3.63) is 35.9 Å². The molecule has 2 N–H and O–H groups in total. The highest BCUT2D eigenvalue weighted by molar-refractivity contribution is 5.42. The molecule has 1 unspecified atom stereocenters. The highest BCUT2D eigenvalue weighted by atomic mass is 16.5. The maximum Gasteiger partial charge on any atom is 0.160 e. The van der Waals surface area contributed by atoms with Crippen LogP contribution in [0.15, 0.2) is 30.4 Å². The lowest BCUT2D eigenvalue weighted by Crippen LogP contribution is -2.23. The molecule has 1 rings (SSSR count). The van der Waals surface area contributed by atoms with Crippen LogP contribution in [0.4, 0.5) is 0 Å². The van der Waals surface area contributed by atoms with Gasteiger partial charge in [-0.15, -0.1) is 0 Å². The van der Waals surface area contributed by atoms with E-state index in [9.17, 15) is 5.11 Å². The van der Waals surface area contributed by atoms with Crippen molar-refractivity contribution >= 4 is 0 Å². The van der Waals surface area contributed by atoms with E-state index in [-0.39, 0.29) is 11.8 Å². The summed E-state index contributed by atoms with van der Waals surface area (Å²) in [5, 5.41) is 12.9. The predicted molar refractivity (Wildman–Crippen MR) is 76.7 cm³/mol. The van der Waals surface area contributed by atoms with E-state index in [0.717, 1.165) is 17.7 Å². The molecule has 0 aromatic heterocycles. The number of benzene rings is 1. The van der Waals surface area contributed by atoms with Crippen molar-refractivity contribution in [1.82, 2.24) is 5.32 Å². The molecule has 0 heterocycles. The van der Waals surface area contributed by atoms with E-state index in [1.165, 1.54) is 0 Å². The Morgan fingerprint density at radius 3 is 2.84 bits per heavy atom. The second kappa shape index (κ2) is 7.81. The van der Waals surface area contributed by atoms with Crippen molar-refractivity contribution in [2.75, 3.05) is 26.9 Å². The molecule has 0 bridgehead atoms. The average molecular weight is 265 g/mol. The number of phenols is 1. The van der Waals surface area contributed by atoms with Crippen LogP contribution in [0.2, 0.25) is 0 Å². The third-order valence-corrected chi connectivity index (χ3v) is 2.75. The molecule has 0 aliphatic carbocycles. The molecule has 4 heteroatoms. The molecule has 0 aliphatic heterocycles. The van der Waals surface area contributed by atoms with Crippen molar-refractivity contribution in [2.45, 2.75) is 19.9 Å². The first-order valence-electron chi connectivity index (χ1n) is 6.37. The zero-order chi connectivity index (χ0) is 14.3. The van der Waals surface area contributed by atoms with Crippen LogP contribution in [-0.2, 0) is 4.74 Å². The van der Waals surface area contributed by atoms with Gasteiger partial charge in [0.05, 0.1) is 20.3 Å². The summed E-state index contributed by atoms with van der Waals surface area (Å²) >= 11 is 0. The lowest BCUT2D eigenvalue weighted by molar-refractivity contribution is 0.156. The Hall–Kier alpha value is -1.52. The number of aromatic hydroxyl groups is 1. The van der Waals surface area contributed by atoms with Gasteiger partial charge >= 0.3 is 0 Å². The number of phenolic OH excluding ortho intramolecular Hbond substituents is 1. The van der Waals surface area contributed by atoms with Crippen LogP contribution in [0.5, 0.6) is 11.5 Å². The lowest BCUT2D eigenvalue weighted by atomic mass is 10.1. The van der Waals surface area contributed by atoms with Gasteiger partial charge in [0.2, 0.25) is 0 Å². The Bertz CT molecular complexity index is 418. The molecule has 1 atom stereocenters. The van der Waals surface area contributed by atoms with Crippen LogP contribution in [0.3, 0.4) is 0 Å². The molecule has 0 fully saturated rings. The quantitative estimate of drug-likeness (QED) is 0.560. The summed E-state index contributed by atoms with van der Waals surface area (Å²) in [5.41, 5.74) is 2.09. The number of hydrogen-bond acceptors (Lipinski definition) is 4. The third-order valence-electron chi connectivity index (χ3n) is 2.75. The molecule has 0 spiro atoms. The fourth-order valence-electron chi connectivity index (χ4n) is 1.68. The van der Waals surface area contributed by atoms with Gasteiger partial charge in [-0.05, 0) is 31.5 Å². The summed E-state index contributed by atoms with van der Waals surface area (Å²) in [6.07, 6.45) is 0. The monoisotopic (exact) mass is 265 g/mol. The van der Waals surface area contributed by atoms with Gasteiger partial charge in [0.1, 0.15) is 0 Å². The Morgan fingerprint density at radius 2 is 2.21 bits per heavy atom. The average Bonchev–Trinajstić information content (AvgIpc) is 2.38. The van der Waals surface area contributed by atoms with Crippen LogP contribution < -0.4 is 10.1 Å². The van der Waals surface area contributed by atoms with E-state index in [4.69, 9.17) is 9.47 Å². The Balaban J connectivity index is 2.40. The molecule has 0 saturated carbocycles. The van der Waals surface area contributed by atoms with Crippen molar-refractivity contribution in [3.63, 3.8) is 0 Å². The minimum Gasteiger partial charge on any atom is -0.504 e. The summed E-state index contributed by atoms with van der Waals surface area (Å²) < 4.78 is 10.5. The summed E-state index contributed by atoms with van der Waals surface area (Å²) in [6, 6.07) is 5.53. The van der Waals surface area contributed by atoms with Crippen molar-refractivity contribution in [3.8, 4) is 11.5 Å². The number of nitrogens with one attached hydrogen (secondary N) is 1. The molecule has 106 valence electrons. The molecule has 0 amide bonds. The molecule has 1 aromatic rings. The molecular weight excluding hydrogens is 242 g/mol. The van der Waals surface area contributed by atoms with Gasteiger partial charge in [0.25, 0.3) is 0 Å². The van der Waals surface area contributed by atoms with E-state index in [0.29, 0.717) is 19.0 Å². The smallest absolute Gasteiger partial charge is 0.160 e. The van der Waals surface area contributed by atoms with Gasteiger partial charge in [-0.3, -0.25) is 0 Å².